The Kier molecular flexibility index (Phi) is 3.87. The molecule has 0 aliphatic carbocycles. The number of nitrogens with zero attached hydrogens (tertiary/aromatic N) is 2. The highest BCUT2D eigenvalue weighted by atomic mass is 16.2. The van der Waals surface area contributed by atoms with E-state index in [1.54, 1.807) is 43.6 Å². The first-order valence-electron chi connectivity index (χ1n) is 5.77. The molecule has 5 nitrogen and oxygen atoms in total. The van der Waals surface area contributed by atoms with E-state index in [0.717, 1.165) is 5.56 Å². The van der Waals surface area contributed by atoms with Crippen LogP contribution in [0.1, 0.15) is 22.8 Å². The standard InChI is InChI=1S/C14H14N4O/c1-10(12-3-2-8-16-9-12)17-18-14(19)11-4-6-13(15)7-5-11/h2-9H,15H2,1H3,(H,18,19)/b17-10+. The lowest BCUT2D eigenvalue weighted by Gasteiger charge is -2.03. The zero-order chi connectivity index (χ0) is 13.7. The first-order chi connectivity index (χ1) is 9.16. The number of hydrogen-bond donors (Lipinski definition) is 2. The summed E-state index contributed by atoms with van der Waals surface area (Å²) in [5.41, 5.74) is 10.7. The van der Waals surface area contributed by atoms with Crippen LogP contribution in [-0.4, -0.2) is 16.6 Å². The van der Waals surface area contributed by atoms with Crippen molar-refractivity contribution >= 4 is 17.3 Å². The molecule has 0 bridgehead atoms. The van der Waals surface area contributed by atoms with Crippen LogP contribution in [0, 0.1) is 0 Å². The maximum atomic E-state index is 11.8. The fourth-order valence-corrected chi connectivity index (χ4v) is 1.47. The number of amides is 1. The van der Waals surface area contributed by atoms with E-state index in [1.165, 1.54) is 0 Å². The molecule has 0 radical (unpaired) electrons. The highest BCUT2D eigenvalue weighted by molar-refractivity contribution is 6.00. The smallest absolute Gasteiger partial charge is 0.271 e. The number of nitrogen functional groups attached to an aromatic ring is 1. The molecule has 96 valence electrons. The predicted octanol–water partition coefficient (Wildman–Crippen LogP) is 1.82. The second-order valence-electron chi connectivity index (χ2n) is 4.00. The molecule has 3 N–H and O–H groups in total. The zero-order valence-corrected chi connectivity index (χ0v) is 10.5. The van der Waals surface area contributed by atoms with E-state index >= 15 is 0 Å². The molecule has 0 fully saturated rings. The van der Waals surface area contributed by atoms with Crippen molar-refractivity contribution in [2.45, 2.75) is 6.92 Å². The van der Waals surface area contributed by atoms with Gasteiger partial charge in [-0.15, -0.1) is 0 Å². The Morgan fingerprint density at radius 2 is 1.95 bits per heavy atom. The number of rotatable bonds is 3. The Bertz CT molecular complexity index is 591. The van der Waals surface area contributed by atoms with E-state index in [4.69, 9.17) is 5.73 Å². The third-order valence-electron chi connectivity index (χ3n) is 2.58. The van der Waals surface area contributed by atoms with Gasteiger partial charge in [0.25, 0.3) is 5.91 Å². The van der Waals surface area contributed by atoms with Crippen LogP contribution < -0.4 is 11.2 Å². The largest absolute Gasteiger partial charge is 0.399 e. The highest BCUT2D eigenvalue weighted by Gasteiger charge is 2.04. The summed E-state index contributed by atoms with van der Waals surface area (Å²) in [6.07, 6.45) is 3.37. The molecule has 1 aromatic heterocycles. The fourth-order valence-electron chi connectivity index (χ4n) is 1.47. The molecule has 1 aromatic carbocycles. The van der Waals surface area contributed by atoms with Crippen LogP contribution in [0.3, 0.4) is 0 Å². The van der Waals surface area contributed by atoms with Gasteiger partial charge in [-0.25, -0.2) is 5.43 Å². The number of nitrogens with one attached hydrogen (secondary N) is 1. The maximum Gasteiger partial charge on any atom is 0.271 e. The Morgan fingerprint density at radius 3 is 2.58 bits per heavy atom. The Morgan fingerprint density at radius 1 is 1.21 bits per heavy atom. The van der Waals surface area contributed by atoms with Gasteiger partial charge >= 0.3 is 0 Å². The van der Waals surface area contributed by atoms with Crippen LogP contribution in [-0.2, 0) is 0 Å². The quantitative estimate of drug-likeness (QED) is 0.498. The average Bonchev–Trinajstić information content (AvgIpc) is 2.46. The molecule has 5 heteroatoms. The van der Waals surface area contributed by atoms with Crippen LogP contribution in [0.25, 0.3) is 0 Å². The summed E-state index contributed by atoms with van der Waals surface area (Å²) < 4.78 is 0. The molecule has 2 rings (SSSR count). The lowest BCUT2D eigenvalue weighted by Crippen LogP contribution is -2.19. The Labute approximate surface area is 111 Å². The molecule has 0 spiro atoms. The van der Waals surface area contributed by atoms with Gasteiger partial charge in [-0.1, -0.05) is 6.07 Å². The van der Waals surface area contributed by atoms with Crippen molar-refractivity contribution in [1.29, 1.82) is 0 Å². The summed E-state index contributed by atoms with van der Waals surface area (Å²) in [7, 11) is 0. The molecular formula is C14H14N4O. The number of aromatic nitrogens is 1. The van der Waals surface area contributed by atoms with Gasteiger partial charge in [-0.3, -0.25) is 9.78 Å². The fraction of sp³-hybridized carbons (Fsp3) is 0.0714. The number of hydrazone groups is 1. The lowest BCUT2D eigenvalue weighted by molar-refractivity contribution is 0.0955. The summed E-state index contributed by atoms with van der Waals surface area (Å²) in [6.45, 7) is 1.81. The van der Waals surface area contributed by atoms with Crippen LogP contribution in [0.5, 0.6) is 0 Å². The van der Waals surface area contributed by atoms with Gasteiger partial charge in [0.05, 0.1) is 5.71 Å². The molecule has 0 saturated heterocycles. The minimum atomic E-state index is -0.275. The van der Waals surface area contributed by atoms with E-state index in [-0.39, 0.29) is 5.91 Å². The van der Waals surface area contributed by atoms with Crippen molar-refractivity contribution in [3.8, 4) is 0 Å². The molecule has 0 aliphatic heterocycles. The second-order valence-corrected chi connectivity index (χ2v) is 4.00. The van der Waals surface area contributed by atoms with Crippen LogP contribution in [0.15, 0.2) is 53.9 Å². The number of hydrogen-bond acceptors (Lipinski definition) is 4. The van der Waals surface area contributed by atoms with Gasteiger partial charge in [-0.05, 0) is 37.3 Å². The molecule has 1 heterocycles. The first-order valence-corrected chi connectivity index (χ1v) is 5.77. The summed E-state index contributed by atoms with van der Waals surface area (Å²) in [4.78, 5) is 15.8. The summed E-state index contributed by atoms with van der Waals surface area (Å²) in [6, 6.07) is 10.3. The van der Waals surface area contributed by atoms with Crippen molar-refractivity contribution in [3.63, 3.8) is 0 Å². The van der Waals surface area contributed by atoms with Gasteiger partial charge in [0, 0.05) is 29.2 Å². The van der Waals surface area contributed by atoms with E-state index in [9.17, 15) is 4.79 Å². The van der Waals surface area contributed by atoms with Gasteiger partial charge in [-0.2, -0.15) is 5.10 Å². The van der Waals surface area contributed by atoms with Gasteiger partial charge in [0.1, 0.15) is 0 Å². The molecule has 1 amide bonds. The van der Waals surface area contributed by atoms with Crippen molar-refractivity contribution in [2.75, 3.05) is 5.73 Å². The van der Waals surface area contributed by atoms with E-state index in [0.29, 0.717) is 17.0 Å². The summed E-state index contributed by atoms with van der Waals surface area (Å²) in [5.74, 6) is -0.275. The number of pyridine rings is 1. The minimum absolute atomic E-state index is 0.275. The lowest BCUT2D eigenvalue weighted by atomic mass is 10.2. The van der Waals surface area contributed by atoms with E-state index in [2.05, 4.69) is 15.5 Å². The number of carbonyl (C=O) groups is 1. The summed E-state index contributed by atoms with van der Waals surface area (Å²) >= 11 is 0. The topological polar surface area (TPSA) is 80.4 Å². The van der Waals surface area contributed by atoms with Gasteiger partial charge < -0.3 is 5.73 Å². The number of anilines is 1. The third kappa shape index (κ3) is 3.38. The number of benzene rings is 1. The van der Waals surface area contributed by atoms with Crippen LogP contribution in [0.2, 0.25) is 0 Å². The van der Waals surface area contributed by atoms with Crippen molar-refractivity contribution in [2.24, 2.45) is 5.10 Å². The molecule has 0 saturated carbocycles. The van der Waals surface area contributed by atoms with Crippen molar-refractivity contribution < 1.29 is 4.79 Å². The van der Waals surface area contributed by atoms with Crippen molar-refractivity contribution in [1.82, 2.24) is 10.4 Å². The second kappa shape index (κ2) is 5.77. The predicted molar refractivity (Wildman–Crippen MR) is 74.8 cm³/mol. The van der Waals surface area contributed by atoms with Crippen LogP contribution >= 0.6 is 0 Å². The first kappa shape index (κ1) is 12.8. The molecule has 0 unspecified atom stereocenters. The van der Waals surface area contributed by atoms with E-state index in [1.807, 2.05) is 12.1 Å². The molecule has 2 aromatic rings. The zero-order valence-electron chi connectivity index (χ0n) is 10.5. The average molecular weight is 254 g/mol. The SMILES string of the molecule is C/C(=N\NC(=O)c1ccc(N)cc1)c1cccnc1. The van der Waals surface area contributed by atoms with Crippen LogP contribution in [0.4, 0.5) is 5.69 Å². The Balaban J connectivity index is 2.06. The highest BCUT2D eigenvalue weighted by Crippen LogP contribution is 2.05. The third-order valence-corrected chi connectivity index (χ3v) is 2.58. The normalized spacial score (nSPS) is 11.1. The molecular weight excluding hydrogens is 240 g/mol. The van der Waals surface area contributed by atoms with Crippen molar-refractivity contribution in [3.05, 3.63) is 59.9 Å². The molecule has 0 aliphatic rings. The molecule has 0 atom stereocenters. The van der Waals surface area contributed by atoms with E-state index < -0.39 is 0 Å². The number of nitrogens with two attached hydrogens (primary N) is 1. The van der Waals surface area contributed by atoms with Gasteiger partial charge in [0.2, 0.25) is 0 Å². The Hall–Kier alpha value is -2.69. The maximum absolute atomic E-state index is 11.8. The summed E-state index contributed by atoms with van der Waals surface area (Å²) in [5, 5.41) is 4.04. The minimum Gasteiger partial charge on any atom is -0.399 e. The monoisotopic (exact) mass is 254 g/mol. The number of carbonyl (C=O) groups excluding carboxylic acids is 1. The van der Waals surface area contributed by atoms with Gasteiger partial charge in [0.15, 0.2) is 0 Å². The molecule has 19 heavy (non-hydrogen) atoms.